The number of hydrogen-bond acceptors (Lipinski definition) is 27. The first-order valence-corrected chi connectivity index (χ1v) is 39.2. The molecule has 0 aliphatic carbocycles. The SMILES string of the molecule is COC(=O)c1ccc(-c2nc(-c3ccccc3)nc(-c3c(O)cccc3O)n2)cc1.COC(=O)c1ccc(-c2nc(-c3ccccc3)nc(-c3c(O)cccc3[N+](=O)[O-])n2)cc1.COC(=O)c1ccc(-c2nc(-c3ccccc3)nc(-c3cc4ccccc4cc3O)n2)cc1.COC(=O)c1ccc(-c2nc(-c3ccccc3)nc(-c3ccc4ccccc4c3O)n2)cc1. The van der Waals surface area contributed by atoms with E-state index in [-0.39, 0.29) is 68.9 Å². The van der Waals surface area contributed by atoms with Crippen LogP contribution in [0.25, 0.3) is 158 Å². The van der Waals surface area contributed by atoms with Crippen LogP contribution in [0.15, 0.2) is 328 Å². The average Bonchev–Trinajstić information content (AvgIpc) is 0.782. The average molecular weight is 1690 g/mol. The Balaban J connectivity index is 0.000000131. The molecule has 0 spiro atoms. The number of aromatic hydroxyl groups is 5. The first-order valence-electron chi connectivity index (χ1n) is 39.2. The second-order valence-electron chi connectivity index (χ2n) is 28.0. The highest BCUT2D eigenvalue weighted by molar-refractivity contribution is 5.96. The van der Waals surface area contributed by atoms with Crippen molar-refractivity contribution in [1.29, 1.82) is 0 Å². The second kappa shape index (κ2) is 38.8. The number of nitro benzene ring substituents is 1. The number of nitrogens with zero attached hydrogens (tertiary/aromatic N) is 13. The molecule has 626 valence electrons. The Kier molecular flexibility index (Phi) is 25.7. The summed E-state index contributed by atoms with van der Waals surface area (Å²) in [6.45, 7) is 0. The summed E-state index contributed by atoms with van der Waals surface area (Å²) in [5.74, 6) is 1.70. The third kappa shape index (κ3) is 19.3. The Bertz CT molecular complexity index is 6990. The number of fused-ring (bicyclic) bond motifs is 2. The number of ether oxygens (including phenoxy) is 4. The van der Waals surface area contributed by atoms with E-state index in [9.17, 15) is 54.8 Å². The van der Waals surface area contributed by atoms with Crippen molar-refractivity contribution in [2.75, 3.05) is 28.4 Å². The van der Waals surface area contributed by atoms with Gasteiger partial charge in [-0.25, -0.2) is 79.0 Å². The largest absolute Gasteiger partial charge is 0.507 e. The number of methoxy groups -OCH3 is 4. The molecule has 0 aliphatic rings. The molecule has 0 saturated carbocycles. The summed E-state index contributed by atoms with van der Waals surface area (Å²) in [5.41, 5.74) is 8.02. The lowest BCUT2D eigenvalue weighted by Crippen LogP contribution is -2.03. The molecular weight excluding hydrogens is 1620 g/mol. The summed E-state index contributed by atoms with van der Waals surface area (Å²) in [7, 11) is 5.30. The zero-order valence-electron chi connectivity index (χ0n) is 68.3. The first-order chi connectivity index (χ1) is 62.3. The summed E-state index contributed by atoms with van der Waals surface area (Å²) in [6.07, 6.45) is 0. The summed E-state index contributed by atoms with van der Waals surface area (Å²) in [5, 5.41) is 67.8. The maximum Gasteiger partial charge on any atom is 0.337 e. The van der Waals surface area contributed by atoms with Gasteiger partial charge in [0.05, 0.1) is 66.7 Å². The molecule has 28 nitrogen and oxygen atoms in total. The van der Waals surface area contributed by atoms with Crippen LogP contribution >= 0.6 is 0 Å². The van der Waals surface area contributed by atoms with Crippen LogP contribution in [0, 0.1) is 10.1 Å². The van der Waals surface area contributed by atoms with Gasteiger partial charge in [0.2, 0.25) is 0 Å². The van der Waals surface area contributed by atoms with Gasteiger partial charge in [0.25, 0.3) is 5.69 Å². The molecule has 0 saturated heterocycles. The predicted octanol–water partition coefficient (Wildman–Crippen LogP) is 19.4. The zero-order chi connectivity index (χ0) is 89.3. The fraction of sp³-hybridized carbons (Fsp3) is 0.0400. The van der Waals surface area contributed by atoms with E-state index in [1.807, 2.05) is 176 Å². The smallest absolute Gasteiger partial charge is 0.337 e. The third-order valence-electron chi connectivity index (χ3n) is 19.9. The fourth-order valence-corrected chi connectivity index (χ4v) is 13.4. The van der Waals surface area contributed by atoms with Gasteiger partial charge in [0.15, 0.2) is 69.9 Å². The van der Waals surface area contributed by atoms with Gasteiger partial charge in [0, 0.05) is 56.0 Å². The van der Waals surface area contributed by atoms with Gasteiger partial charge in [-0.05, 0) is 101 Å². The molecule has 28 heteroatoms. The van der Waals surface area contributed by atoms with Gasteiger partial charge in [-0.3, -0.25) is 10.1 Å². The predicted molar refractivity (Wildman–Crippen MR) is 480 cm³/mol. The number of benzene rings is 14. The minimum Gasteiger partial charge on any atom is -0.507 e. The number of carbonyl (C=O) groups is 4. The normalized spacial score (nSPS) is 10.7. The van der Waals surface area contributed by atoms with Crippen LogP contribution in [-0.4, -0.2) is 143 Å². The van der Waals surface area contributed by atoms with E-state index in [1.165, 1.54) is 64.8 Å². The zero-order valence-corrected chi connectivity index (χ0v) is 68.3. The number of aromatic nitrogens is 12. The highest BCUT2D eigenvalue weighted by atomic mass is 16.6. The quantitative estimate of drug-likeness (QED) is 0.0245. The molecule has 0 amide bonds. The molecule has 0 atom stereocenters. The van der Waals surface area contributed by atoms with Crippen molar-refractivity contribution in [1.82, 2.24) is 59.8 Å². The molecular formula is C100H71N13O15. The van der Waals surface area contributed by atoms with Crippen LogP contribution in [0.2, 0.25) is 0 Å². The van der Waals surface area contributed by atoms with Gasteiger partial charge in [-0.2, -0.15) is 0 Å². The Labute approximate surface area is 729 Å². The number of rotatable bonds is 17. The van der Waals surface area contributed by atoms with Crippen molar-refractivity contribution in [2.24, 2.45) is 0 Å². The van der Waals surface area contributed by atoms with E-state index in [4.69, 9.17) is 18.9 Å². The number of nitro groups is 1. The third-order valence-corrected chi connectivity index (χ3v) is 19.9. The van der Waals surface area contributed by atoms with E-state index in [2.05, 4.69) is 59.8 Å². The Morgan fingerprint density at radius 1 is 0.250 bits per heavy atom. The standard InChI is InChI=1S/2C27H19N3O3.C23H16N4O5.C23H17N3O4/c1-33-27(32)20-13-11-19(12-14-20)25-28-24(18-8-3-2-4-9-18)29-26(30-25)22-16-15-17-7-5-6-10-21(17)23(22)31;1-33-27(32)19-13-11-18(12-14-19)25-28-24(17-7-3-2-4-8-17)29-26(30-25)22-15-20-9-5-6-10-21(20)16-23(22)31;1-32-23(29)16-12-10-15(11-13-16)21-24-20(14-6-3-2-4-7-14)25-22(26-21)19-17(27(30)31)8-5-9-18(19)28;1-30-23(29)16-12-10-15(11-13-16)21-24-20(14-6-3-2-4-7-14)25-22(26-21)19-17(27)8-5-9-18(19)28/h2*2-16,31H,1H3;2-13,28H,1H3;2-13,27-28H,1H3. The van der Waals surface area contributed by atoms with Crippen molar-refractivity contribution in [3.8, 4) is 165 Å². The minimum absolute atomic E-state index is 0.0457. The number of esters is 4. The van der Waals surface area contributed by atoms with E-state index in [1.54, 1.807) is 115 Å². The van der Waals surface area contributed by atoms with E-state index in [0.29, 0.717) is 108 Å². The summed E-state index contributed by atoms with van der Waals surface area (Å²) in [6, 6.07) is 95.4. The van der Waals surface area contributed by atoms with Crippen LogP contribution in [0.5, 0.6) is 28.7 Å². The van der Waals surface area contributed by atoms with E-state index < -0.39 is 28.8 Å². The Morgan fingerprint density at radius 2 is 0.516 bits per heavy atom. The van der Waals surface area contributed by atoms with Crippen LogP contribution in [-0.2, 0) is 18.9 Å². The molecule has 0 bridgehead atoms. The summed E-state index contributed by atoms with van der Waals surface area (Å²) < 4.78 is 19.0. The van der Waals surface area contributed by atoms with Gasteiger partial charge >= 0.3 is 23.9 Å². The van der Waals surface area contributed by atoms with Gasteiger partial charge < -0.3 is 44.5 Å². The molecule has 0 aliphatic heterocycles. The van der Waals surface area contributed by atoms with E-state index >= 15 is 0 Å². The first kappa shape index (κ1) is 84.9. The molecule has 14 aromatic carbocycles. The molecule has 0 unspecified atom stereocenters. The molecule has 128 heavy (non-hydrogen) atoms. The van der Waals surface area contributed by atoms with Crippen LogP contribution in [0.4, 0.5) is 5.69 Å². The lowest BCUT2D eigenvalue weighted by atomic mass is 10.0. The summed E-state index contributed by atoms with van der Waals surface area (Å²) >= 11 is 0. The van der Waals surface area contributed by atoms with Crippen LogP contribution < -0.4 is 0 Å². The Morgan fingerprint density at radius 3 is 0.852 bits per heavy atom. The van der Waals surface area contributed by atoms with Crippen molar-refractivity contribution in [3.63, 3.8) is 0 Å². The lowest BCUT2D eigenvalue weighted by Gasteiger charge is -2.11. The van der Waals surface area contributed by atoms with Crippen LogP contribution in [0.1, 0.15) is 41.4 Å². The number of phenolic OH excluding ortho intramolecular Hbond substituents is 5. The van der Waals surface area contributed by atoms with Crippen molar-refractivity contribution < 1.29 is 68.6 Å². The number of phenols is 5. The molecule has 18 rings (SSSR count). The van der Waals surface area contributed by atoms with Gasteiger partial charge in [-0.1, -0.05) is 237 Å². The monoisotopic (exact) mass is 1690 g/mol. The highest BCUT2D eigenvalue weighted by Gasteiger charge is 2.26. The molecule has 4 aromatic heterocycles. The lowest BCUT2D eigenvalue weighted by molar-refractivity contribution is -0.384. The fourth-order valence-electron chi connectivity index (χ4n) is 13.4. The second-order valence-corrected chi connectivity index (χ2v) is 28.0. The topological polar surface area (TPSA) is 404 Å². The molecule has 0 fully saturated rings. The number of carbonyl (C=O) groups excluding carboxylic acids is 4. The van der Waals surface area contributed by atoms with Crippen molar-refractivity contribution in [3.05, 3.63) is 360 Å². The molecule has 18 aromatic rings. The van der Waals surface area contributed by atoms with Gasteiger partial charge in [0.1, 0.15) is 39.9 Å². The van der Waals surface area contributed by atoms with Gasteiger partial charge in [-0.15, -0.1) is 0 Å². The molecule has 5 N–H and O–H groups in total. The molecule has 4 heterocycles. The summed E-state index contributed by atoms with van der Waals surface area (Å²) in [4.78, 5) is 113. The Hall–Kier alpha value is -18.1. The van der Waals surface area contributed by atoms with Crippen molar-refractivity contribution >= 4 is 51.1 Å². The maximum absolute atomic E-state index is 11.8. The number of hydrogen-bond donors (Lipinski definition) is 5. The van der Waals surface area contributed by atoms with Crippen LogP contribution in [0.3, 0.4) is 0 Å². The van der Waals surface area contributed by atoms with E-state index in [0.717, 1.165) is 38.2 Å². The molecule has 0 radical (unpaired) electrons. The highest BCUT2D eigenvalue weighted by Crippen LogP contribution is 2.41. The van der Waals surface area contributed by atoms with Crippen molar-refractivity contribution in [2.45, 2.75) is 0 Å². The minimum atomic E-state index is -0.605. The maximum atomic E-state index is 11.8.